The minimum absolute atomic E-state index is 0.00640. The average molecular weight is 326 g/mol. The van der Waals surface area contributed by atoms with Crippen molar-refractivity contribution >= 4 is 21.6 Å². The van der Waals surface area contributed by atoms with E-state index in [0.717, 1.165) is 47.8 Å². The number of aromatic nitrogens is 3. The monoisotopic (exact) mass is 326 g/mol. The number of thiazole rings is 1. The highest BCUT2D eigenvalue weighted by molar-refractivity contribution is 7.18. The summed E-state index contributed by atoms with van der Waals surface area (Å²) in [6.07, 6.45) is 0.889. The van der Waals surface area contributed by atoms with Crippen LogP contribution in [0.15, 0.2) is 35.1 Å². The lowest BCUT2D eigenvalue weighted by atomic mass is 10.1. The van der Waals surface area contributed by atoms with Gasteiger partial charge in [0, 0.05) is 32.1 Å². The predicted octanol–water partition coefficient (Wildman–Crippen LogP) is 2.43. The second-order valence-electron chi connectivity index (χ2n) is 5.81. The minimum atomic E-state index is -0.00640. The molecule has 6 heteroatoms. The van der Waals surface area contributed by atoms with Crippen molar-refractivity contribution in [2.45, 2.75) is 33.0 Å². The first-order chi connectivity index (χ1) is 11.2. The summed E-state index contributed by atoms with van der Waals surface area (Å²) in [5, 5.41) is 5.60. The highest BCUT2D eigenvalue weighted by atomic mass is 32.1. The third kappa shape index (κ3) is 2.80. The molecule has 1 aliphatic heterocycles. The third-order valence-corrected chi connectivity index (χ3v) is 5.24. The second kappa shape index (κ2) is 5.86. The van der Waals surface area contributed by atoms with Crippen LogP contribution < -0.4 is 5.56 Å². The van der Waals surface area contributed by atoms with Crippen LogP contribution >= 0.6 is 11.3 Å². The van der Waals surface area contributed by atoms with Gasteiger partial charge in [-0.3, -0.25) is 9.69 Å². The Morgan fingerprint density at radius 1 is 1.30 bits per heavy atom. The van der Waals surface area contributed by atoms with E-state index in [0.29, 0.717) is 6.54 Å². The molecule has 0 amide bonds. The van der Waals surface area contributed by atoms with Gasteiger partial charge in [0.25, 0.3) is 5.56 Å². The van der Waals surface area contributed by atoms with Gasteiger partial charge < -0.3 is 0 Å². The van der Waals surface area contributed by atoms with Gasteiger partial charge in [0.1, 0.15) is 5.01 Å². The number of fused-ring (bicyclic) bond motifs is 2. The molecule has 5 nitrogen and oxygen atoms in total. The van der Waals surface area contributed by atoms with Gasteiger partial charge in [-0.15, -0.1) is 11.3 Å². The average Bonchev–Trinajstić information content (AvgIpc) is 2.96. The molecule has 0 bridgehead atoms. The number of nitrogens with zero attached hydrogens (tertiary/aromatic N) is 4. The third-order valence-electron chi connectivity index (χ3n) is 4.22. The fourth-order valence-corrected chi connectivity index (χ4v) is 4.05. The lowest BCUT2D eigenvalue weighted by Crippen LogP contribution is -2.34. The molecular formula is C17H18N4OS. The van der Waals surface area contributed by atoms with Gasteiger partial charge in [-0.05, 0) is 24.6 Å². The van der Waals surface area contributed by atoms with Crippen LogP contribution in [0.5, 0.6) is 0 Å². The Kier molecular flexibility index (Phi) is 3.71. The first kappa shape index (κ1) is 14.5. The molecule has 0 unspecified atom stereocenters. The molecule has 1 aromatic carbocycles. The largest absolute Gasteiger partial charge is 0.292 e. The number of hydrogen-bond acceptors (Lipinski definition) is 5. The van der Waals surface area contributed by atoms with Crippen LogP contribution in [0.2, 0.25) is 0 Å². The fourth-order valence-electron chi connectivity index (χ4n) is 3.04. The zero-order chi connectivity index (χ0) is 15.8. The lowest BCUT2D eigenvalue weighted by molar-refractivity contribution is 0.241. The van der Waals surface area contributed by atoms with Crippen molar-refractivity contribution in [2.24, 2.45) is 0 Å². The number of rotatable bonds is 3. The van der Waals surface area contributed by atoms with E-state index in [1.54, 1.807) is 22.1 Å². The van der Waals surface area contributed by atoms with Crippen molar-refractivity contribution in [1.82, 2.24) is 19.7 Å². The zero-order valence-corrected chi connectivity index (χ0v) is 13.8. The summed E-state index contributed by atoms with van der Waals surface area (Å²) >= 11 is 1.75. The summed E-state index contributed by atoms with van der Waals surface area (Å²) in [7, 11) is 0. The molecule has 0 atom stereocenters. The molecule has 4 rings (SSSR count). The summed E-state index contributed by atoms with van der Waals surface area (Å²) in [6.45, 7) is 5.14. The molecular weight excluding hydrogens is 308 g/mol. The van der Waals surface area contributed by atoms with Gasteiger partial charge in [-0.1, -0.05) is 12.1 Å². The molecule has 0 saturated heterocycles. The summed E-state index contributed by atoms with van der Waals surface area (Å²) in [4.78, 5) is 19.0. The van der Waals surface area contributed by atoms with E-state index >= 15 is 0 Å². The number of para-hydroxylation sites is 1. The van der Waals surface area contributed by atoms with Crippen LogP contribution in [-0.4, -0.2) is 26.2 Å². The molecule has 3 aromatic rings. The first-order valence-corrected chi connectivity index (χ1v) is 8.71. The smallest absolute Gasteiger partial charge is 0.267 e. The highest BCUT2D eigenvalue weighted by Gasteiger charge is 2.20. The molecule has 0 fully saturated rings. The van der Waals surface area contributed by atoms with Crippen LogP contribution in [0.3, 0.4) is 0 Å². The second-order valence-corrected chi connectivity index (χ2v) is 6.92. The van der Waals surface area contributed by atoms with Crippen LogP contribution in [0.4, 0.5) is 0 Å². The van der Waals surface area contributed by atoms with Gasteiger partial charge in [-0.25, -0.2) is 9.67 Å². The van der Waals surface area contributed by atoms with Gasteiger partial charge in [0.2, 0.25) is 0 Å². The maximum atomic E-state index is 12.0. The topological polar surface area (TPSA) is 51.0 Å². The quantitative estimate of drug-likeness (QED) is 0.742. The Morgan fingerprint density at radius 2 is 2.17 bits per heavy atom. The predicted molar refractivity (Wildman–Crippen MR) is 91.6 cm³/mol. The highest BCUT2D eigenvalue weighted by Crippen LogP contribution is 2.24. The van der Waals surface area contributed by atoms with Crippen LogP contribution in [-0.2, 0) is 26.1 Å². The van der Waals surface area contributed by atoms with Crippen molar-refractivity contribution in [3.63, 3.8) is 0 Å². The van der Waals surface area contributed by atoms with Crippen LogP contribution in [0.25, 0.3) is 10.2 Å². The standard InChI is InChI=1S/C17H18N4OS/c1-2-21-17(22)9-12-10-20(8-7-13(12)19-21)11-16-18-14-5-3-4-6-15(14)23-16/h3-6,9H,2,7-8,10-11H2,1H3. The maximum Gasteiger partial charge on any atom is 0.267 e. The maximum absolute atomic E-state index is 12.0. The molecule has 1 aliphatic rings. The first-order valence-electron chi connectivity index (χ1n) is 7.89. The van der Waals surface area contributed by atoms with Crippen LogP contribution in [0.1, 0.15) is 23.2 Å². The number of hydrogen-bond donors (Lipinski definition) is 0. The summed E-state index contributed by atoms with van der Waals surface area (Å²) < 4.78 is 2.77. The van der Waals surface area contributed by atoms with Crippen molar-refractivity contribution in [1.29, 1.82) is 0 Å². The van der Waals surface area contributed by atoms with Crippen molar-refractivity contribution in [3.8, 4) is 0 Å². The summed E-state index contributed by atoms with van der Waals surface area (Å²) in [6, 6.07) is 9.98. The molecule has 2 aromatic heterocycles. The number of benzene rings is 1. The van der Waals surface area contributed by atoms with Crippen molar-refractivity contribution < 1.29 is 0 Å². The molecule has 0 spiro atoms. The van der Waals surface area contributed by atoms with Crippen LogP contribution in [0, 0.1) is 0 Å². The van der Waals surface area contributed by atoms with Crippen molar-refractivity contribution in [2.75, 3.05) is 6.54 Å². The van der Waals surface area contributed by atoms with E-state index in [4.69, 9.17) is 4.98 Å². The Hall–Kier alpha value is -2.05. The minimum Gasteiger partial charge on any atom is -0.292 e. The molecule has 3 heterocycles. The molecule has 0 N–H and O–H groups in total. The number of aryl methyl sites for hydroxylation is 1. The van der Waals surface area contributed by atoms with E-state index < -0.39 is 0 Å². The summed E-state index contributed by atoms with van der Waals surface area (Å²) in [5.74, 6) is 0. The molecule has 0 aliphatic carbocycles. The Morgan fingerprint density at radius 3 is 3.00 bits per heavy atom. The molecule has 118 valence electrons. The van der Waals surface area contributed by atoms with E-state index in [-0.39, 0.29) is 5.56 Å². The van der Waals surface area contributed by atoms with E-state index in [1.807, 2.05) is 19.1 Å². The summed E-state index contributed by atoms with van der Waals surface area (Å²) in [5.41, 5.74) is 3.18. The molecule has 0 radical (unpaired) electrons. The normalized spacial score (nSPS) is 15.0. The van der Waals surface area contributed by atoms with E-state index in [2.05, 4.69) is 22.1 Å². The van der Waals surface area contributed by atoms with E-state index in [1.165, 1.54) is 4.70 Å². The van der Waals surface area contributed by atoms with Gasteiger partial charge in [0.05, 0.1) is 22.5 Å². The Labute approximate surface area is 138 Å². The Balaban J connectivity index is 1.56. The zero-order valence-electron chi connectivity index (χ0n) is 13.0. The lowest BCUT2D eigenvalue weighted by Gasteiger charge is -2.27. The Bertz CT molecular complexity index is 881. The SMILES string of the molecule is CCn1nc2c(cc1=O)CN(Cc1nc3ccccc3s1)CC2. The van der Waals surface area contributed by atoms with Crippen molar-refractivity contribution in [3.05, 3.63) is 57.0 Å². The van der Waals surface area contributed by atoms with Gasteiger partial charge in [0.15, 0.2) is 0 Å². The molecule has 23 heavy (non-hydrogen) atoms. The van der Waals surface area contributed by atoms with E-state index in [9.17, 15) is 4.79 Å². The molecule has 0 saturated carbocycles. The van der Waals surface area contributed by atoms with Gasteiger partial charge >= 0.3 is 0 Å². The van der Waals surface area contributed by atoms with Gasteiger partial charge in [-0.2, -0.15) is 5.10 Å². The fraction of sp³-hybridized carbons (Fsp3) is 0.353.